The molecule has 2 rings (SSSR count). The van der Waals surface area contributed by atoms with Crippen molar-refractivity contribution in [3.8, 4) is 5.75 Å². The quantitative estimate of drug-likeness (QED) is 0.917. The second kappa shape index (κ2) is 5.09. The number of thioether (sulfide) groups is 1. The first-order valence-corrected chi connectivity index (χ1v) is 7.11. The Morgan fingerprint density at radius 1 is 1.59 bits per heavy atom. The average molecular weight is 273 g/mol. The molecule has 0 bridgehead atoms. The lowest BCUT2D eigenvalue weighted by Crippen LogP contribution is -2.31. The predicted molar refractivity (Wildman–Crippen MR) is 73.2 cm³/mol. The molecule has 1 aliphatic rings. The summed E-state index contributed by atoms with van der Waals surface area (Å²) in [6.45, 7) is 2.15. The van der Waals surface area contributed by atoms with Crippen LogP contribution < -0.4 is 4.74 Å². The van der Waals surface area contributed by atoms with E-state index in [-0.39, 0.29) is 0 Å². The zero-order valence-corrected chi connectivity index (χ0v) is 11.6. The maximum atomic E-state index is 10.5. The molecule has 0 amide bonds. The summed E-state index contributed by atoms with van der Waals surface area (Å²) in [5.41, 5.74) is 0.361. The Morgan fingerprint density at radius 3 is 2.94 bits per heavy atom. The van der Waals surface area contributed by atoms with Crippen LogP contribution in [-0.2, 0) is 6.42 Å². The lowest BCUT2D eigenvalue weighted by Gasteiger charge is -2.23. The maximum absolute atomic E-state index is 10.5. The Labute approximate surface area is 111 Å². The Hall–Kier alpha value is -0.380. The van der Waals surface area contributed by atoms with Gasteiger partial charge in [-0.2, -0.15) is 11.8 Å². The number of halogens is 1. The smallest absolute Gasteiger partial charge is 0.122 e. The standard InChI is InChI=1S/C13H17ClO2S/c1-9-6-13(15,8-17-9)7-10-5-11(14)3-4-12(10)16-2/h3-5,9,15H,6-8H2,1-2H3. The fourth-order valence-corrected chi connectivity index (χ4v) is 3.75. The van der Waals surface area contributed by atoms with Gasteiger partial charge in [0.05, 0.1) is 12.7 Å². The van der Waals surface area contributed by atoms with Crippen molar-refractivity contribution in [2.45, 2.75) is 30.6 Å². The summed E-state index contributed by atoms with van der Waals surface area (Å²) in [6.07, 6.45) is 1.43. The van der Waals surface area contributed by atoms with Gasteiger partial charge in [0.1, 0.15) is 5.75 Å². The first-order chi connectivity index (χ1) is 8.02. The van der Waals surface area contributed by atoms with Gasteiger partial charge in [0.2, 0.25) is 0 Å². The molecule has 0 saturated carbocycles. The molecule has 1 saturated heterocycles. The van der Waals surface area contributed by atoms with E-state index in [9.17, 15) is 5.11 Å². The van der Waals surface area contributed by atoms with Crippen LogP contribution in [0.15, 0.2) is 18.2 Å². The molecule has 2 unspecified atom stereocenters. The molecule has 94 valence electrons. The van der Waals surface area contributed by atoms with Crippen molar-refractivity contribution in [2.24, 2.45) is 0 Å². The van der Waals surface area contributed by atoms with Crippen LogP contribution in [0, 0.1) is 0 Å². The zero-order chi connectivity index (χ0) is 12.5. The highest BCUT2D eigenvalue weighted by atomic mass is 35.5. The molecule has 1 fully saturated rings. The molecule has 0 spiro atoms. The van der Waals surface area contributed by atoms with E-state index in [0.29, 0.717) is 16.7 Å². The molecule has 1 aromatic rings. The van der Waals surface area contributed by atoms with Crippen molar-refractivity contribution in [1.29, 1.82) is 0 Å². The van der Waals surface area contributed by atoms with Crippen molar-refractivity contribution >= 4 is 23.4 Å². The molecule has 1 aliphatic heterocycles. The second-order valence-corrected chi connectivity index (χ2v) is 6.55. The molecular weight excluding hydrogens is 256 g/mol. The van der Waals surface area contributed by atoms with Gasteiger partial charge in [-0.05, 0) is 30.2 Å². The fourth-order valence-electron chi connectivity index (χ4n) is 2.31. The van der Waals surface area contributed by atoms with Crippen molar-refractivity contribution in [3.05, 3.63) is 28.8 Å². The molecular formula is C13H17ClO2S. The molecule has 2 atom stereocenters. The Bertz CT molecular complexity index is 410. The van der Waals surface area contributed by atoms with Gasteiger partial charge in [-0.25, -0.2) is 0 Å². The monoisotopic (exact) mass is 272 g/mol. The summed E-state index contributed by atoms with van der Waals surface area (Å²) < 4.78 is 5.31. The van der Waals surface area contributed by atoms with Crippen LogP contribution in [0.4, 0.5) is 0 Å². The highest BCUT2D eigenvalue weighted by Crippen LogP contribution is 2.38. The molecule has 1 aromatic carbocycles. The molecule has 0 aliphatic carbocycles. The first kappa shape index (κ1) is 13.1. The summed E-state index contributed by atoms with van der Waals surface area (Å²) in [5.74, 6) is 1.58. The van der Waals surface area contributed by atoms with Gasteiger partial charge in [-0.1, -0.05) is 18.5 Å². The Balaban J connectivity index is 2.20. The van der Waals surface area contributed by atoms with Gasteiger partial charge >= 0.3 is 0 Å². The molecule has 0 aromatic heterocycles. The lowest BCUT2D eigenvalue weighted by molar-refractivity contribution is 0.0636. The number of hydrogen-bond donors (Lipinski definition) is 1. The summed E-state index contributed by atoms with van der Waals surface area (Å²) in [6, 6.07) is 5.54. The molecule has 17 heavy (non-hydrogen) atoms. The number of hydrogen-bond acceptors (Lipinski definition) is 3. The SMILES string of the molecule is COc1ccc(Cl)cc1CC1(O)CSC(C)C1. The van der Waals surface area contributed by atoms with E-state index in [4.69, 9.17) is 16.3 Å². The van der Waals surface area contributed by atoms with Gasteiger partial charge in [-0.3, -0.25) is 0 Å². The number of aliphatic hydroxyl groups is 1. The fraction of sp³-hybridized carbons (Fsp3) is 0.538. The van der Waals surface area contributed by atoms with Crippen molar-refractivity contribution in [3.63, 3.8) is 0 Å². The van der Waals surface area contributed by atoms with E-state index in [1.54, 1.807) is 13.2 Å². The van der Waals surface area contributed by atoms with Crippen LogP contribution in [0.1, 0.15) is 18.9 Å². The minimum absolute atomic E-state index is 0.519. The number of methoxy groups -OCH3 is 1. The molecule has 2 nitrogen and oxygen atoms in total. The summed E-state index contributed by atoms with van der Waals surface area (Å²) in [7, 11) is 1.64. The molecule has 4 heteroatoms. The minimum atomic E-state index is -0.623. The van der Waals surface area contributed by atoms with E-state index in [1.165, 1.54) is 0 Å². The normalized spacial score (nSPS) is 28.4. The van der Waals surface area contributed by atoms with Gasteiger partial charge in [-0.15, -0.1) is 0 Å². The van der Waals surface area contributed by atoms with Crippen LogP contribution in [0.2, 0.25) is 5.02 Å². The lowest BCUT2D eigenvalue weighted by atomic mass is 9.92. The number of ether oxygens (including phenoxy) is 1. The van der Waals surface area contributed by atoms with Crippen molar-refractivity contribution < 1.29 is 9.84 Å². The minimum Gasteiger partial charge on any atom is -0.496 e. The van der Waals surface area contributed by atoms with Gasteiger partial charge in [0.25, 0.3) is 0 Å². The number of benzene rings is 1. The van der Waals surface area contributed by atoms with Gasteiger partial charge in [0, 0.05) is 22.4 Å². The summed E-state index contributed by atoms with van der Waals surface area (Å²) in [4.78, 5) is 0. The van der Waals surface area contributed by atoms with E-state index < -0.39 is 5.60 Å². The first-order valence-electron chi connectivity index (χ1n) is 5.69. The summed E-state index contributed by atoms with van der Waals surface area (Å²) >= 11 is 7.81. The third-order valence-electron chi connectivity index (χ3n) is 3.07. The third-order valence-corrected chi connectivity index (χ3v) is 4.74. The maximum Gasteiger partial charge on any atom is 0.122 e. The highest BCUT2D eigenvalue weighted by Gasteiger charge is 2.36. The van der Waals surface area contributed by atoms with Crippen molar-refractivity contribution in [2.75, 3.05) is 12.9 Å². The van der Waals surface area contributed by atoms with Crippen LogP contribution in [0.25, 0.3) is 0 Å². The third kappa shape index (κ3) is 3.09. The largest absolute Gasteiger partial charge is 0.496 e. The topological polar surface area (TPSA) is 29.5 Å². The van der Waals surface area contributed by atoms with E-state index in [1.807, 2.05) is 23.9 Å². The van der Waals surface area contributed by atoms with Gasteiger partial charge in [0.15, 0.2) is 0 Å². The molecule has 1 heterocycles. The van der Waals surface area contributed by atoms with Gasteiger partial charge < -0.3 is 9.84 Å². The molecule has 1 N–H and O–H groups in total. The van der Waals surface area contributed by atoms with Crippen LogP contribution in [0.5, 0.6) is 5.75 Å². The average Bonchev–Trinajstić information content (AvgIpc) is 2.59. The van der Waals surface area contributed by atoms with Crippen LogP contribution in [-0.4, -0.2) is 28.8 Å². The number of rotatable bonds is 3. The zero-order valence-electron chi connectivity index (χ0n) is 10.1. The second-order valence-electron chi connectivity index (χ2n) is 4.68. The van der Waals surface area contributed by atoms with E-state index >= 15 is 0 Å². The van der Waals surface area contributed by atoms with E-state index in [0.717, 1.165) is 23.5 Å². The molecule has 0 radical (unpaired) electrons. The van der Waals surface area contributed by atoms with E-state index in [2.05, 4.69) is 6.92 Å². The van der Waals surface area contributed by atoms with Crippen LogP contribution in [0.3, 0.4) is 0 Å². The van der Waals surface area contributed by atoms with Crippen LogP contribution >= 0.6 is 23.4 Å². The Kier molecular flexibility index (Phi) is 3.91. The highest BCUT2D eigenvalue weighted by molar-refractivity contribution is 8.00. The Morgan fingerprint density at radius 2 is 2.35 bits per heavy atom. The summed E-state index contributed by atoms with van der Waals surface area (Å²) in [5, 5.41) is 11.7. The van der Waals surface area contributed by atoms with Crippen molar-refractivity contribution in [1.82, 2.24) is 0 Å². The predicted octanol–water partition coefficient (Wildman–Crippen LogP) is 3.15.